The van der Waals surface area contributed by atoms with Crippen molar-refractivity contribution in [1.82, 2.24) is 4.90 Å². The molecule has 22 heavy (non-hydrogen) atoms. The molecule has 0 saturated carbocycles. The van der Waals surface area contributed by atoms with E-state index >= 15 is 0 Å². The molecule has 0 aliphatic carbocycles. The maximum absolute atomic E-state index is 6.42. The molecule has 0 atom stereocenters. The van der Waals surface area contributed by atoms with Gasteiger partial charge in [-0.15, -0.1) is 5.73 Å². The van der Waals surface area contributed by atoms with Crippen molar-refractivity contribution in [2.75, 3.05) is 7.11 Å². The van der Waals surface area contributed by atoms with Crippen LogP contribution in [0.5, 0.6) is 5.75 Å². The number of fused-ring (bicyclic) bond motifs is 1. The fraction of sp³-hybridized carbons (Fsp3) is 0.211. The molecule has 0 saturated heterocycles. The number of methoxy groups -OCH3 is 1. The SMILES string of the molecule is C=C=C1c2c(Cl)cc(C)cc2CN1Cc1ccc(OC)cc1. The highest BCUT2D eigenvalue weighted by Crippen LogP contribution is 2.38. The summed E-state index contributed by atoms with van der Waals surface area (Å²) >= 11 is 6.42. The summed E-state index contributed by atoms with van der Waals surface area (Å²) in [7, 11) is 1.68. The fourth-order valence-electron chi connectivity index (χ4n) is 2.93. The van der Waals surface area contributed by atoms with Crippen LogP contribution in [-0.4, -0.2) is 12.0 Å². The maximum Gasteiger partial charge on any atom is 0.118 e. The zero-order chi connectivity index (χ0) is 15.7. The van der Waals surface area contributed by atoms with Crippen LogP contribution in [0.1, 0.15) is 22.3 Å². The van der Waals surface area contributed by atoms with E-state index in [4.69, 9.17) is 16.3 Å². The van der Waals surface area contributed by atoms with Gasteiger partial charge in [-0.1, -0.05) is 36.4 Å². The molecule has 3 rings (SSSR count). The van der Waals surface area contributed by atoms with Crippen molar-refractivity contribution >= 4 is 17.3 Å². The third-order valence-corrected chi connectivity index (χ3v) is 4.23. The molecule has 0 amide bonds. The second-order valence-corrected chi connectivity index (χ2v) is 5.92. The van der Waals surface area contributed by atoms with E-state index < -0.39 is 0 Å². The summed E-state index contributed by atoms with van der Waals surface area (Å²) in [5, 5.41) is 0.776. The second-order valence-electron chi connectivity index (χ2n) is 5.51. The Hall–Kier alpha value is -2.15. The number of benzene rings is 2. The molecule has 112 valence electrons. The molecule has 2 nitrogen and oxygen atoms in total. The Morgan fingerprint density at radius 3 is 2.64 bits per heavy atom. The Morgan fingerprint density at radius 1 is 1.27 bits per heavy atom. The van der Waals surface area contributed by atoms with Crippen molar-refractivity contribution in [1.29, 1.82) is 0 Å². The monoisotopic (exact) mass is 311 g/mol. The van der Waals surface area contributed by atoms with Crippen LogP contribution in [0.15, 0.2) is 48.7 Å². The van der Waals surface area contributed by atoms with Crippen LogP contribution >= 0.6 is 11.6 Å². The molecule has 0 fully saturated rings. The van der Waals surface area contributed by atoms with E-state index in [1.165, 1.54) is 16.7 Å². The first-order valence-corrected chi connectivity index (χ1v) is 7.57. The normalized spacial score (nSPS) is 13.0. The van der Waals surface area contributed by atoms with Crippen molar-refractivity contribution in [3.63, 3.8) is 0 Å². The average Bonchev–Trinajstić information content (AvgIpc) is 2.85. The van der Waals surface area contributed by atoms with Crippen molar-refractivity contribution in [3.8, 4) is 5.75 Å². The van der Waals surface area contributed by atoms with Crippen LogP contribution in [0.2, 0.25) is 5.02 Å². The Labute approximate surface area is 136 Å². The van der Waals surface area contributed by atoms with Crippen LogP contribution in [0.4, 0.5) is 0 Å². The summed E-state index contributed by atoms with van der Waals surface area (Å²) in [6.45, 7) is 7.54. The molecule has 3 heteroatoms. The summed E-state index contributed by atoms with van der Waals surface area (Å²) < 4.78 is 5.20. The maximum atomic E-state index is 6.42. The number of hydrogen-bond donors (Lipinski definition) is 0. The van der Waals surface area contributed by atoms with Gasteiger partial charge in [-0.05, 0) is 41.8 Å². The smallest absolute Gasteiger partial charge is 0.118 e. The van der Waals surface area contributed by atoms with Crippen molar-refractivity contribution in [3.05, 3.63) is 76.0 Å². The first kappa shape index (κ1) is 14.8. The molecule has 0 unspecified atom stereocenters. The quantitative estimate of drug-likeness (QED) is 0.755. The van der Waals surface area contributed by atoms with E-state index in [1.807, 2.05) is 18.2 Å². The van der Waals surface area contributed by atoms with Gasteiger partial charge in [0, 0.05) is 18.7 Å². The number of ether oxygens (including phenoxy) is 1. The van der Waals surface area contributed by atoms with Gasteiger partial charge in [-0.2, -0.15) is 0 Å². The Bertz CT molecular complexity index is 758. The van der Waals surface area contributed by atoms with Gasteiger partial charge in [0.25, 0.3) is 0 Å². The van der Waals surface area contributed by atoms with Crippen LogP contribution in [0.25, 0.3) is 5.70 Å². The third-order valence-electron chi connectivity index (χ3n) is 3.93. The van der Waals surface area contributed by atoms with Crippen LogP contribution in [0.3, 0.4) is 0 Å². The second kappa shape index (κ2) is 5.92. The molecule has 0 N–H and O–H groups in total. The minimum atomic E-state index is 0.776. The molecule has 2 aromatic rings. The van der Waals surface area contributed by atoms with Gasteiger partial charge in [0.1, 0.15) is 5.75 Å². The number of aryl methyl sites for hydroxylation is 1. The minimum Gasteiger partial charge on any atom is -0.497 e. The molecule has 0 spiro atoms. The molecule has 1 heterocycles. The van der Waals surface area contributed by atoms with Crippen LogP contribution in [-0.2, 0) is 13.1 Å². The highest BCUT2D eigenvalue weighted by Gasteiger charge is 2.26. The zero-order valence-corrected chi connectivity index (χ0v) is 13.6. The van der Waals surface area contributed by atoms with E-state index in [9.17, 15) is 0 Å². The van der Waals surface area contributed by atoms with Gasteiger partial charge in [-0.25, -0.2) is 0 Å². The molecule has 0 aromatic heterocycles. The van der Waals surface area contributed by atoms with Crippen molar-refractivity contribution in [2.45, 2.75) is 20.0 Å². The third kappa shape index (κ3) is 2.64. The average molecular weight is 312 g/mol. The molecule has 2 aromatic carbocycles. The summed E-state index contributed by atoms with van der Waals surface area (Å²) in [5.41, 5.74) is 8.74. The van der Waals surface area contributed by atoms with E-state index in [1.54, 1.807) is 7.11 Å². The number of nitrogens with zero attached hydrogens (tertiary/aromatic N) is 1. The minimum absolute atomic E-state index is 0.776. The van der Waals surface area contributed by atoms with Gasteiger partial charge >= 0.3 is 0 Å². The van der Waals surface area contributed by atoms with Gasteiger partial charge in [0.2, 0.25) is 0 Å². The molecular formula is C19H18ClNO. The first-order valence-electron chi connectivity index (χ1n) is 7.19. The topological polar surface area (TPSA) is 12.5 Å². The molecule has 0 radical (unpaired) electrons. The summed E-state index contributed by atoms with van der Waals surface area (Å²) in [5.74, 6) is 0.867. The van der Waals surface area contributed by atoms with Crippen molar-refractivity contribution < 1.29 is 4.74 Å². The molecule has 1 aliphatic heterocycles. The predicted octanol–water partition coefficient (Wildman–Crippen LogP) is 4.80. The van der Waals surface area contributed by atoms with Crippen LogP contribution in [0, 0.1) is 6.92 Å². The first-order chi connectivity index (χ1) is 10.6. The molecular weight excluding hydrogens is 294 g/mol. The van der Waals surface area contributed by atoms with E-state index in [-0.39, 0.29) is 0 Å². The lowest BCUT2D eigenvalue weighted by molar-refractivity contribution is 0.401. The highest BCUT2D eigenvalue weighted by molar-refractivity contribution is 6.32. The Morgan fingerprint density at radius 2 is 2.00 bits per heavy atom. The van der Waals surface area contributed by atoms with E-state index in [0.29, 0.717) is 0 Å². The standard InChI is InChI=1S/C19H18ClNO/c1-4-18-19-15(9-13(2)10-17(19)20)12-21(18)11-14-5-7-16(22-3)8-6-14/h5-10H,1,11-12H2,2-3H3. The summed E-state index contributed by atoms with van der Waals surface area (Å²) in [6, 6.07) is 12.3. The van der Waals surface area contributed by atoms with Gasteiger partial charge < -0.3 is 9.64 Å². The van der Waals surface area contributed by atoms with Gasteiger partial charge in [-0.3, -0.25) is 0 Å². The Kier molecular flexibility index (Phi) is 3.98. The summed E-state index contributed by atoms with van der Waals surface area (Å²) in [4.78, 5) is 2.25. The largest absolute Gasteiger partial charge is 0.497 e. The number of halogens is 1. The summed E-state index contributed by atoms with van der Waals surface area (Å²) in [6.07, 6.45) is 0. The molecule has 0 bridgehead atoms. The van der Waals surface area contributed by atoms with Crippen LogP contribution < -0.4 is 4.74 Å². The van der Waals surface area contributed by atoms with Gasteiger partial charge in [0.05, 0.1) is 17.8 Å². The zero-order valence-electron chi connectivity index (χ0n) is 12.8. The lowest BCUT2D eigenvalue weighted by atomic mass is 10.1. The lowest BCUT2D eigenvalue weighted by Gasteiger charge is -2.19. The number of rotatable bonds is 3. The highest BCUT2D eigenvalue weighted by atomic mass is 35.5. The van der Waals surface area contributed by atoms with E-state index in [0.717, 1.165) is 35.1 Å². The molecule has 1 aliphatic rings. The van der Waals surface area contributed by atoms with E-state index in [2.05, 4.69) is 42.3 Å². The van der Waals surface area contributed by atoms with Crippen molar-refractivity contribution in [2.24, 2.45) is 0 Å². The van der Waals surface area contributed by atoms with Gasteiger partial charge in [0.15, 0.2) is 0 Å². The Balaban J connectivity index is 1.90. The fourth-order valence-corrected chi connectivity index (χ4v) is 3.32. The number of hydrogen-bond acceptors (Lipinski definition) is 2. The lowest BCUT2D eigenvalue weighted by Crippen LogP contribution is -2.14. The predicted molar refractivity (Wildman–Crippen MR) is 91.0 cm³/mol.